The first-order chi connectivity index (χ1) is 13.3. The number of benzene rings is 1. The van der Waals surface area contributed by atoms with Crippen molar-refractivity contribution >= 4 is 39.7 Å². The van der Waals surface area contributed by atoms with Gasteiger partial charge >= 0.3 is 6.09 Å². The molecule has 0 atom stereocenters. The first kappa shape index (κ1) is 20.2. The normalized spacial score (nSPS) is 14.0. The zero-order valence-corrected chi connectivity index (χ0v) is 17.4. The third kappa shape index (κ3) is 5.73. The van der Waals surface area contributed by atoms with Crippen molar-refractivity contribution < 1.29 is 14.3 Å². The van der Waals surface area contributed by atoms with Crippen LogP contribution in [0.1, 0.15) is 38.5 Å². The Hall–Kier alpha value is -2.54. The number of nitrogens with zero attached hydrogens (tertiary/aromatic N) is 1. The molecule has 6 nitrogen and oxygen atoms in total. The Labute approximate surface area is 169 Å². The summed E-state index contributed by atoms with van der Waals surface area (Å²) >= 11 is 1.67. The van der Waals surface area contributed by atoms with Gasteiger partial charge in [-0.25, -0.2) is 4.79 Å². The Morgan fingerprint density at radius 1 is 1.04 bits per heavy atom. The average molecular weight is 402 g/mol. The van der Waals surface area contributed by atoms with Gasteiger partial charge in [0.2, 0.25) is 5.91 Å². The summed E-state index contributed by atoms with van der Waals surface area (Å²) < 4.78 is 5.28. The molecular formula is C21H27N3O3S. The topological polar surface area (TPSA) is 70.7 Å². The van der Waals surface area contributed by atoms with Crippen LogP contribution in [0.4, 0.5) is 21.2 Å². The van der Waals surface area contributed by atoms with Crippen molar-refractivity contribution in [1.82, 2.24) is 0 Å². The number of rotatable bonds is 5. The fourth-order valence-electron chi connectivity index (χ4n) is 3.04. The van der Waals surface area contributed by atoms with Crippen LogP contribution in [0.5, 0.6) is 0 Å². The molecule has 1 aliphatic rings. The number of anilines is 3. The quantitative estimate of drug-likeness (QED) is 0.749. The maximum absolute atomic E-state index is 12.5. The van der Waals surface area contributed by atoms with E-state index in [1.807, 2.05) is 12.1 Å². The Kier molecular flexibility index (Phi) is 6.24. The Morgan fingerprint density at radius 2 is 1.68 bits per heavy atom. The molecule has 1 fully saturated rings. The molecule has 0 aliphatic carbocycles. The second-order valence-corrected chi connectivity index (χ2v) is 8.98. The van der Waals surface area contributed by atoms with E-state index in [2.05, 4.69) is 21.6 Å². The molecule has 2 aromatic rings. The maximum Gasteiger partial charge on any atom is 0.412 e. The monoisotopic (exact) mass is 401 g/mol. The van der Waals surface area contributed by atoms with Gasteiger partial charge in [-0.3, -0.25) is 10.1 Å². The Morgan fingerprint density at radius 3 is 2.32 bits per heavy atom. The second-order valence-electron chi connectivity index (χ2n) is 7.83. The van der Waals surface area contributed by atoms with Gasteiger partial charge in [0.25, 0.3) is 0 Å². The molecule has 0 spiro atoms. The van der Waals surface area contributed by atoms with Gasteiger partial charge in [0.05, 0.1) is 22.8 Å². The van der Waals surface area contributed by atoms with E-state index >= 15 is 0 Å². The zero-order valence-electron chi connectivity index (χ0n) is 16.6. The van der Waals surface area contributed by atoms with Gasteiger partial charge in [-0.1, -0.05) is 12.1 Å². The average Bonchev–Trinajstić information content (AvgIpc) is 3.26. The summed E-state index contributed by atoms with van der Waals surface area (Å²) in [4.78, 5) is 27.9. The number of carbonyl (C=O) groups excluding carboxylic acids is 2. The van der Waals surface area contributed by atoms with E-state index in [0.717, 1.165) is 18.0 Å². The van der Waals surface area contributed by atoms with Crippen LogP contribution in [0.2, 0.25) is 0 Å². The number of carbonyl (C=O) groups is 2. The van der Waals surface area contributed by atoms with Gasteiger partial charge in [0.15, 0.2) is 0 Å². The number of amides is 2. The van der Waals surface area contributed by atoms with Crippen molar-refractivity contribution in [3.05, 3.63) is 41.3 Å². The van der Waals surface area contributed by atoms with E-state index in [0.29, 0.717) is 17.8 Å². The van der Waals surface area contributed by atoms with E-state index in [1.165, 1.54) is 17.8 Å². The first-order valence-electron chi connectivity index (χ1n) is 9.53. The van der Waals surface area contributed by atoms with Crippen LogP contribution in [-0.4, -0.2) is 30.7 Å². The predicted molar refractivity (Wildman–Crippen MR) is 114 cm³/mol. The van der Waals surface area contributed by atoms with Gasteiger partial charge in [0, 0.05) is 18.0 Å². The molecule has 1 aromatic carbocycles. The van der Waals surface area contributed by atoms with Crippen molar-refractivity contribution in [2.75, 3.05) is 28.6 Å². The highest BCUT2D eigenvalue weighted by atomic mass is 32.1. The lowest BCUT2D eigenvalue weighted by atomic mass is 10.2. The van der Waals surface area contributed by atoms with Gasteiger partial charge < -0.3 is 15.0 Å². The lowest BCUT2D eigenvalue weighted by Crippen LogP contribution is -2.27. The summed E-state index contributed by atoms with van der Waals surface area (Å²) in [5.74, 6) is -0.117. The molecule has 1 saturated heterocycles. The van der Waals surface area contributed by atoms with Crippen molar-refractivity contribution in [2.45, 2.75) is 45.6 Å². The molecule has 7 heteroatoms. The molecule has 3 rings (SSSR count). The highest BCUT2D eigenvalue weighted by molar-refractivity contribution is 7.16. The van der Waals surface area contributed by atoms with E-state index < -0.39 is 11.7 Å². The number of hydrogen-bond donors (Lipinski definition) is 2. The molecule has 0 radical (unpaired) electrons. The van der Waals surface area contributed by atoms with Crippen LogP contribution in [0.3, 0.4) is 0 Å². The largest absolute Gasteiger partial charge is 0.444 e. The number of nitrogens with one attached hydrogen (secondary N) is 2. The van der Waals surface area contributed by atoms with E-state index in [9.17, 15) is 9.59 Å². The fourth-order valence-corrected chi connectivity index (χ4v) is 4.09. The lowest BCUT2D eigenvalue weighted by Gasteiger charge is -2.20. The maximum atomic E-state index is 12.5. The smallest absolute Gasteiger partial charge is 0.412 e. The van der Waals surface area contributed by atoms with Crippen LogP contribution >= 0.6 is 11.3 Å². The molecule has 2 heterocycles. The number of para-hydroxylation sites is 2. The van der Waals surface area contributed by atoms with E-state index in [-0.39, 0.29) is 5.91 Å². The minimum atomic E-state index is -0.589. The predicted octanol–water partition coefficient (Wildman–Crippen LogP) is 4.88. The molecule has 0 saturated carbocycles. The second kappa shape index (κ2) is 8.65. The minimum Gasteiger partial charge on any atom is -0.444 e. The zero-order chi connectivity index (χ0) is 20.1. The van der Waals surface area contributed by atoms with Gasteiger partial charge in [-0.2, -0.15) is 0 Å². The molecule has 1 aliphatic heterocycles. The summed E-state index contributed by atoms with van der Waals surface area (Å²) in [6.07, 6.45) is 2.21. The Bertz CT molecular complexity index is 835. The first-order valence-corrected chi connectivity index (χ1v) is 10.3. The summed E-state index contributed by atoms with van der Waals surface area (Å²) in [5.41, 5.74) is 0.470. The third-order valence-corrected chi connectivity index (χ3v) is 5.38. The summed E-state index contributed by atoms with van der Waals surface area (Å²) in [7, 11) is 0. The van der Waals surface area contributed by atoms with Crippen molar-refractivity contribution in [3.63, 3.8) is 0 Å². The van der Waals surface area contributed by atoms with Crippen LogP contribution in [0, 0.1) is 0 Å². The summed E-state index contributed by atoms with van der Waals surface area (Å²) in [5, 5.41) is 6.82. The van der Waals surface area contributed by atoms with E-state index in [1.54, 1.807) is 50.3 Å². The third-order valence-electron chi connectivity index (χ3n) is 4.24. The van der Waals surface area contributed by atoms with Crippen molar-refractivity contribution in [3.8, 4) is 0 Å². The number of thiophene rings is 1. The Balaban J connectivity index is 1.60. The van der Waals surface area contributed by atoms with Crippen LogP contribution in [0.15, 0.2) is 36.4 Å². The molecule has 2 N–H and O–H groups in total. The lowest BCUT2D eigenvalue weighted by molar-refractivity contribution is -0.115. The van der Waals surface area contributed by atoms with Crippen LogP contribution < -0.4 is 15.5 Å². The molecule has 0 unspecified atom stereocenters. The van der Waals surface area contributed by atoms with Gasteiger partial charge in [-0.15, -0.1) is 11.3 Å². The van der Waals surface area contributed by atoms with Crippen molar-refractivity contribution in [1.29, 1.82) is 0 Å². The van der Waals surface area contributed by atoms with E-state index in [4.69, 9.17) is 4.74 Å². The summed E-state index contributed by atoms with van der Waals surface area (Å²) in [6.45, 7) is 7.60. The van der Waals surface area contributed by atoms with Gasteiger partial charge in [0.1, 0.15) is 5.60 Å². The van der Waals surface area contributed by atoms with Crippen molar-refractivity contribution in [2.24, 2.45) is 0 Å². The molecule has 28 heavy (non-hydrogen) atoms. The fraction of sp³-hybridized carbons (Fsp3) is 0.429. The molecule has 2 amide bonds. The molecule has 0 bridgehead atoms. The van der Waals surface area contributed by atoms with Crippen LogP contribution in [-0.2, 0) is 16.0 Å². The highest BCUT2D eigenvalue weighted by Crippen LogP contribution is 2.29. The molecule has 1 aromatic heterocycles. The number of hydrogen-bond acceptors (Lipinski definition) is 5. The SMILES string of the molecule is CC(C)(C)OC(=O)Nc1ccccc1NC(=O)Cc1ccc(N2CCCC2)s1. The standard InChI is InChI=1S/C21H27N3O3S/c1-21(2,3)27-20(26)23-17-9-5-4-8-16(17)22-18(25)14-15-10-11-19(28-15)24-12-6-7-13-24/h4-5,8-11H,6-7,12-14H2,1-3H3,(H,22,25)(H,23,26). The highest BCUT2D eigenvalue weighted by Gasteiger charge is 2.18. The molecule has 150 valence electrons. The molecular weight excluding hydrogens is 374 g/mol. The summed E-state index contributed by atoms with van der Waals surface area (Å²) in [6, 6.07) is 11.2. The van der Waals surface area contributed by atoms with Gasteiger partial charge in [-0.05, 0) is 57.9 Å². The number of ether oxygens (including phenoxy) is 1. The minimum absolute atomic E-state index is 0.117. The van der Waals surface area contributed by atoms with Crippen LogP contribution in [0.25, 0.3) is 0 Å².